The zero-order valence-electron chi connectivity index (χ0n) is 19.2. The molecule has 11 heteroatoms. The fraction of sp³-hybridized carbons (Fsp3) is 0.261. The predicted octanol–water partition coefficient (Wildman–Crippen LogP) is 3.95. The van der Waals surface area contributed by atoms with E-state index in [1.807, 2.05) is 51.1 Å². The number of nitrogens with two attached hydrogens (primary N) is 1. The zero-order chi connectivity index (χ0) is 24.3. The number of thioether (sulfide) groups is 1. The maximum Gasteiger partial charge on any atom is 0.243 e. The smallest absolute Gasteiger partial charge is 0.243 e. The number of rotatable bonds is 9. The van der Waals surface area contributed by atoms with E-state index in [2.05, 4.69) is 15.2 Å². The summed E-state index contributed by atoms with van der Waals surface area (Å²) >= 11 is 1.38. The number of aromatic nitrogens is 4. The molecule has 2 aromatic carbocycles. The molecular formula is C23H26N6O3S2. The van der Waals surface area contributed by atoms with Crippen LogP contribution in [-0.2, 0) is 15.8 Å². The lowest BCUT2D eigenvalue weighted by atomic mass is 10.2. The van der Waals surface area contributed by atoms with Gasteiger partial charge in [-0.15, -0.1) is 10.2 Å². The molecule has 0 radical (unpaired) electrons. The Morgan fingerprint density at radius 1 is 1.03 bits per heavy atom. The summed E-state index contributed by atoms with van der Waals surface area (Å²) < 4.78 is 34.4. The molecule has 0 aliphatic heterocycles. The second-order valence-electron chi connectivity index (χ2n) is 7.47. The van der Waals surface area contributed by atoms with Crippen molar-refractivity contribution < 1.29 is 12.8 Å². The SMILES string of the molecule is CCN(CC)S(=O)(=O)c1cccc(-c2nnc(SCc3nc(-c4ccccc4)oc3C)n2N)c1. The van der Waals surface area contributed by atoms with Crippen molar-refractivity contribution in [1.29, 1.82) is 0 Å². The molecule has 0 saturated carbocycles. The lowest BCUT2D eigenvalue weighted by Gasteiger charge is -2.18. The molecule has 2 aromatic heterocycles. The first-order valence-electron chi connectivity index (χ1n) is 10.8. The molecule has 34 heavy (non-hydrogen) atoms. The van der Waals surface area contributed by atoms with Crippen LogP contribution in [0.5, 0.6) is 0 Å². The number of sulfonamides is 1. The quantitative estimate of drug-likeness (QED) is 0.272. The van der Waals surface area contributed by atoms with Crippen LogP contribution in [0.2, 0.25) is 0 Å². The number of oxazole rings is 1. The van der Waals surface area contributed by atoms with Crippen LogP contribution in [0.25, 0.3) is 22.8 Å². The maximum atomic E-state index is 12.9. The van der Waals surface area contributed by atoms with Gasteiger partial charge in [0.2, 0.25) is 21.1 Å². The minimum absolute atomic E-state index is 0.192. The number of nitrogens with zero attached hydrogens (tertiary/aromatic N) is 5. The Labute approximate surface area is 203 Å². The molecule has 0 amide bonds. The number of nitrogen functional groups attached to an aromatic ring is 1. The highest BCUT2D eigenvalue weighted by molar-refractivity contribution is 7.98. The molecular weight excluding hydrogens is 472 g/mol. The van der Waals surface area contributed by atoms with Crippen molar-refractivity contribution in [2.45, 2.75) is 36.6 Å². The van der Waals surface area contributed by atoms with Gasteiger partial charge in [-0.1, -0.05) is 55.9 Å². The van der Waals surface area contributed by atoms with Gasteiger partial charge < -0.3 is 10.3 Å². The standard InChI is InChI=1S/C23H26N6O3S2/c1-4-28(5-2)34(30,31)19-13-9-12-18(14-19)21-26-27-23(29(21)24)33-15-20-16(3)32-22(25-20)17-10-7-6-8-11-17/h6-14H,4-5,15,24H2,1-3H3. The highest BCUT2D eigenvalue weighted by Gasteiger charge is 2.23. The average molecular weight is 499 g/mol. The molecule has 0 fully saturated rings. The van der Waals surface area contributed by atoms with Gasteiger partial charge in [0.05, 0.1) is 10.6 Å². The fourth-order valence-electron chi connectivity index (χ4n) is 3.48. The molecule has 0 spiro atoms. The first kappa shape index (κ1) is 24.0. The topological polar surface area (TPSA) is 120 Å². The molecule has 0 unspecified atom stereocenters. The van der Waals surface area contributed by atoms with E-state index in [0.29, 0.717) is 41.3 Å². The molecule has 0 aliphatic rings. The van der Waals surface area contributed by atoms with E-state index >= 15 is 0 Å². The Morgan fingerprint density at radius 3 is 2.44 bits per heavy atom. The van der Waals surface area contributed by atoms with E-state index in [9.17, 15) is 8.42 Å². The van der Waals surface area contributed by atoms with Gasteiger partial charge in [-0.25, -0.2) is 18.1 Å². The summed E-state index contributed by atoms with van der Waals surface area (Å²) in [5.41, 5.74) is 2.27. The number of benzene rings is 2. The number of aryl methyl sites for hydroxylation is 1. The second kappa shape index (κ2) is 10.00. The van der Waals surface area contributed by atoms with Crippen LogP contribution in [0.4, 0.5) is 0 Å². The molecule has 4 rings (SSSR count). The summed E-state index contributed by atoms with van der Waals surface area (Å²) in [7, 11) is -3.60. The lowest BCUT2D eigenvalue weighted by Crippen LogP contribution is -2.30. The van der Waals surface area contributed by atoms with Crippen molar-refractivity contribution >= 4 is 21.8 Å². The van der Waals surface area contributed by atoms with Crippen LogP contribution in [0.15, 0.2) is 69.1 Å². The third-order valence-electron chi connectivity index (χ3n) is 5.35. The number of hydrogen-bond acceptors (Lipinski definition) is 8. The zero-order valence-corrected chi connectivity index (χ0v) is 20.8. The predicted molar refractivity (Wildman–Crippen MR) is 132 cm³/mol. The Hall–Kier alpha value is -3.15. The van der Waals surface area contributed by atoms with Gasteiger partial charge in [-0.3, -0.25) is 0 Å². The monoisotopic (exact) mass is 498 g/mol. The van der Waals surface area contributed by atoms with Gasteiger partial charge in [0.25, 0.3) is 0 Å². The van der Waals surface area contributed by atoms with Crippen LogP contribution >= 0.6 is 11.8 Å². The van der Waals surface area contributed by atoms with Gasteiger partial charge in [0.1, 0.15) is 5.76 Å². The van der Waals surface area contributed by atoms with Crippen LogP contribution in [0, 0.1) is 6.92 Å². The summed E-state index contributed by atoms with van der Waals surface area (Å²) in [6.45, 7) is 6.28. The summed E-state index contributed by atoms with van der Waals surface area (Å²) in [4.78, 5) is 4.80. The molecule has 0 aliphatic carbocycles. The van der Waals surface area contributed by atoms with E-state index in [1.54, 1.807) is 24.3 Å². The first-order valence-corrected chi connectivity index (χ1v) is 13.2. The first-order chi connectivity index (χ1) is 16.3. The maximum absolute atomic E-state index is 12.9. The van der Waals surface area contributed by atoms with Crippen LogP contribution in [-0.4, -0.2) is 45.7 Å². The van der Waals surface area contributed by atoms with E-state index < -0.39 is 10.0 Å². The summed E-state index contributed by atoms with van der Waals surface area (Å²) in [6.07, 6.45) is 0. The largest absolute Gasteiger partial charge is 0.441 e. The minimum Gasteiger partial charge on any atom is -0.441 e. The molecule has 0 bridgehead atoms. The Kier molecular flexibility index (Phi) is 7.05. The summed E-state index contributed by atoms with van der Waals surface area (Å²) in [5, 5.41) is 8.87. The fourth-order valence-corrected chi connectivity index (χ4v) is 5.84. The summed E-state index contributed by atoms with van der Waals surface area (Å²) in [6, 6.07) is 16.3. The Morgan fingerprint density at radius 2 is 1.74 bits per heavy atom. The van der Waals surface area contributed by atoms with Gasteiger partial charge in [-0.2, -0.15) is 4.31 Å². The molecule has 178 valence electrons. The highest BCUT2D eigenvalue weighted by atomic mass is 32.2. The van der Waals surface area contributed by atoms with Crippen molar-refractivity contribution in [1.82, 2.24) is 24.2 Å². The molecule has 0 saturated heterocycles. The van der Waals surface area contributed by atoms with Crippen LogP contribution < -0.4 is 5.84 Å². The normalized spacial score (nSPS) is 11.9. The highest BCUT2D eigenvalue weighted by Crippen LogP contribution is 2.29. The number of hydrogen-bond donors (Lipinski definition) is 1. The van der Waals surface area contributed by atoms with E-state index in [1.165, 1.54) is 20.7 Å². The molecule has 4 aromatic rings. The molecule has 2 N–H and O–H groups in total. The minimum atomic E-state index is -3.60. The van der Waals surface area contributed by atoms with Crippen LogP contribution in [0.1, 0.15) is 25.3 Å². The Balaban J connectivity index is 1.54. The lowest BCUT2D eigenvalue weighted by molar-refractivity contribution is 0.445. The average Bonchev–Trinajstić information content (AvgIpc) is 3.41. The van der Waals surface area contributed by atoms with Crippen molar-refractivity contribution in [3.63, 3.8) is 0 Å². The van der Waals surface area contributed by atoms with Crippen molar-refractivity contribution in [2.24, 2.45) is 0 Å². The van der Waals surface area contributed by atoms with Gasteiger partial charge in [0, 0.05) is 30.0 Å². The second-order valence-corrected chi connectivity index (χ2v) is 10.4. The van der Waals surface area contributed by atoms with Gasteiger partial charge in [-0.05, 0) is 31.2 Å². The van der Waals surface area contributed by atoms with Gasteiger partial charge >= 0.3 is 0 Å². The molecule has 2 heterocycles. The molecule has 9 nitrogen and oxygen atoms in total. The molecule has 0 atom stereocenters. The Bertz CT molecular complexity index is 1380. The third kappa shape index (κ3) is 4.72. The van der Waals surface area contributed by atoms with Crippen molar-refractivity contribution in [3.8, 4) is 22.8 Å². The van der Waals surface area contributed by atoms with E-state index in [-0.39, 0.29) is 4.90 Å². The van der Waals surface area contributed by atoms with E-state index in [4.69, 9.17) is 10.3 Å². The van der Waals surface area contributed by atoms with Crippen LogP contribution in [0.3, 0.4) is 0 Å². The van der Waals surface area contributed by atoms with Crippen molar-refractivity contribution in [3.05, 3.63) is 66.1 Å². The summed E-state index contributed by atoms with van der Waals surface area (Å²) in [5.74, 6) is 8.43. The van der Waals surface area contributed by atoms with E-state index in [0.717, 1.165) is 17.0 Å². The third-order valence-corrected chi connectivity index (χ3v) is 8.35. The van der Waals surface area contributed by atoms with Crippen molar-refractivity contribution in [2.75, 3.05) is 18.9 Å². The van der Waals surface area contributed by atoms with Gasteiger partial charge in [0.15, 0.2) is 5.82 Å².